The molecule has 6 heteroatoms. The minimum Gasteiger partial charge on any atom is -0.492 e. The van der Waals surface area contributed by atoms with Crippen LogP contribution in [-0.4, -0.2) is 39.4 Å². The molecule has 1 unspecified atom stereocenters. The normalized spacial score (nSPS) is 16.1. The van der Waals surface area contributed by atoms with E-state index in [4.69, 9.17) is 21.1 Å². The SMILES string of the molecule is C=CCOc1ccc(OCCNCC2CCNC2)c(/C=C/c2ccc(Cl)cc2Br)c1. The van der Waals surface area contributed by atoms with Crippen molar-refractivity contribution in [2.75, 3.05) is 39.4 Å². The van der Waals surface area contributed by atoms with Crippen molar-refractivity contribution in [2.24, 2.45) is 5.92 Å². The molecule has 3 rings (SSSR count). The summed E-state index contributed by atoms with van der Waals surface area (Å²) in [6.07, 6.45) is 7.04. The predicted octanol–water partition coefficient (Wildman–Crippen LogP) is 5.42. The van der Waals surface area contributed by atoms with Crippen molar-refractivity contribution >= 4 is 39.7 Å². The van der Waals surface area contributed by atoms with Gasteiger partial charge in [0.1, 0.15) is 24.7 Å². The molecule has 0 radical (unpaired) electrons. The predicted molar refractivity (Wildman–Crippen MR) is 130 cm³/mol. The van der Waals surface area contributed by atoms with Crippen LogP contribution in [0.4, 0.5) is 0 Å². The Bertz CT molecular complexity index is 866. The zero-order valence-corrected chi connectivity index (χ0v) is 19.3. The molecule has 1 aliphatic heterocycles. The molecule has 160 valence electrons. The first-order chi connectivity index (χ1) is 14.7. The first-order valence-electron chi connectivity index (χ1n) is 10.2. The first-order valence-corrected chi connectivity index (χ1v) is 11.4. The summed E-state index contributed by atoms with van der Waals surface area (Å²) in [4.78, 5) is 0. The van der Waals surface area contributed by atoms with E-state index >= 15 is 0 Å². The van der Waals surface area contributed by atoms with Crippen LogP contribution in [0.3, 0.4) is 0 Å². The van der Waals surface area contributed by atoms with Crippen LogP contribution in [0, 0.1) is 5.92 Å². The Kier molecular flexibility index (Phi) is 9.27. The Balaban J connectivity index is 1.64. The molecule has 0 aromatic heterocycles. The van der Waals surface area contributed by atoms with E-state index in [1.807, 2.05) is 48.6 Å². The van der Waals surface area contributed by atoms with Gasteiger partial charge >= 0.3 is 0 Å². The molecular weight excluding hydrogens is 464 g/mol. The summed E-state index contributed by atoms with van der Waals surface area (Å²) in [5.74, 6) is 2.33. The fraction of sp³-hybridized carbons (Fsp3) is 0.333. The molecule has 4 nitrogen and oxygen atoms in total. The lowest BCUT2D eigenvalue weighted by molar-refractivity contribution is 0.308. The van der Waals surface area contributed by atoms with E-state index in [0.717, 1.165) is 59.2 Å². The van der Waals surface area contributed by atoms with Gasteiger partial charge in [-0.15, -0.1) is 0 Å². The van der Waals surface area contributed by atoms with Gasteiger partial charge in [-0.3, -0.25) is 0 Å². The molecule has 30 heavy (non-hydrogen) atoms. The fourth-order valence-corrected chi connectivity index (χ4v) is 4.09. The highest BCUT2D eigenvalue weighted by Gasteiger charge is 2.13. The molecule has 2 aromatic rings. The summed E-state index contributed by atoms with van der Waals surface area (Å²) in [6.45, 7) is 8.86. The molecule has 1 fully saturated rings. The highest BCUT2D eigenvalue weighted by Crippen LogP contribution is 2.28. The van der Waals surface area contributed by atoms with E-state index in [-0.39, 0.29) is 0 Å². The van der Waals surface area contributed by atoms with Crippen LogP contribution >= 0.6 is 27.5 Å². The monoisotopic (exact) mass is 490 g/mol. The van der Waals surface area contributed by atoms with Crippen molar-refractivity contribution in [3.05, 3.63) is 69.7 Å². The Morgan fingerprint density at radius 2 is 2.03 bits per heavy atom. The van der Waals surface area contributed by atoms with Gasteiger partial charge < -0.3 is 20.1 Å². The second kappa shape index (κ2) is 12.2. The van der Waals surface area contributed by atoms with Crippen LogP contribution in [0.1, 0.15) is 17.5 Å². The summed E-state index contributed by atoms with van der Waals surface area (Å²) in [6, 6.07) is 11.6. The van der Waals surface area contributed by atoms with E-state index in [0.29, 0.717) is 18.2 Å². The maximum atomic E-state index is 6.06. The Hall–Kier alpha value is -1.79. The zero-order valence-electron chi connectivity index (χ0n) is 17.0. The minimum atomic E-state index is 0.464. The average Bonchev–Trinajstić information content (AvgIpc) is 3.26. The van der Waals surface area contributed by atoms with Crippen LogP contribution in [0.25, 0.3) is 12.2 Å². The molecule has 0 aliphatic carbocycles. The van der Waals surface area contributed by atoms with E-state index in [9.17, 15) is 0 Å². The Morgan fingerprint density at radius 1 is 1.17 bits per heavy atom. The second-order valence-electron chi connectivity index (χ2n) is 7.21. The molecule has 0 saturated carbocycles. The van der Waals surface area contributed by atoms with E-state index < -0.39 is 0 Å². The molecular formula is C24H28BrClN2O2. The van der Waals surface area contributed by atoms with Crippen LogP contribution in [0.2, 0.25) is 5.02 Å². The maximum Gasteiger partial charge on any atom is 0.126 e. The highest BCUT2D eigenvalue weighted by molar-refractivity contribution is 9.10. The Morgan fingerprint density at radius 3 is 2.80 bits per heavy atom. The smallest absolute Gasteiger partial charge is 0.126 e. The molecule has 2 N–H and O–H groups in total. The maximum absolute atomic E-state index is 6.06. The molecule has 1 aliphatic rings. The van der Waals surface area contributed by atoms with E-state index in [1.54, 1.807) is 6.08 Å². The van der Waals surface area contributed by atoms with Gasteiger partial charge in [-0.1, -0.05) is 58.4 Å². The second-order valence-corrected chi connectivity index (χ2v) is 8.50. The van der Waals surface area contributed by atoms with Crippen molar-refractivity contribution in [3.63, 3.8) is 0 Å². The van der Waals surface area contributed by atoms with Gasteiger partial charge in [0.2, 0.25) is 0 Å². The molecule has 1 atom stereocenters. The van der Waals surface area contributed by atoms with Crippen LogP contribution < -0.4 is 20.1 Å². The molecule has 1 heterocycles. The van der Waals surface area contributed by atoms with Crippen molar-refractivity contribution in [1.29, 1.82) is 0 Å². The third kappa shape index (κ3) is 7.17. The molecule has 2 aromatic carbocycles. The standard InChI is InChI=1S/C24H28BrClN2O2/c1-2-12-29-22-7-8-24(30-13-11-28-17-18-9-10-27-16-18)20(14-22)4-3-19-5-6-21(26)15-23(19)25/h2-8,14-15,18,27-28H,1,9-13,16-17H2/b4-3+. The molecule has 1 saturated heterocycles. The highest BCUT2D eigenvalue weighted by atomic mass is 79.9. The van der Waals surface area contributed by atoms with Gasteiger partial charge in [-0.2, -0.15) is 0 Å². The van der Waals surface area contributed by atoms with Crippen LogP contribution in [-0.2, 0) is 0 Å². The summed E-state index contributed by atoms with van der Waals surface area (Å²) >= 11 is 9.60. The number of rotatable bonds is 11. The minimum absolute atomic E-state index is 0.464. The van der Waals surface area contributed by atoms with Gasteiger partial charge in [0.05, 0.1) is 0 Å². The third-order valence-electron chi connectivity index (χ3n) is 4.89. The van der Waals surface area contributed by atoms with E-state index in [1.165, 1.54) is 6.42 Å². The van der Waals surface area contributed by atoms with Crippen molar-refractivity contribution in [3.8, 4) is 11.5 Å². The van der Waals surface area contributed by atoms with Crippen molar-refractivity contribution in [2.45, 2.75) is 6.42 Å². The lowest BCUT2D eigenvalue weighted by Gasteiger charge is -2.13. The number of benzene rings is 2. The quantitative estimate of drug-likeness (QED) is 0.250. The average molecular weight is 492 g/mol. The third-order valence-corrected chi connectivity index (χ3v) is 5.81. The van der Waals surface area contributed by atoms with Crippen molar-refractivity contribution < 1.29 is 9.47 Å². The topological polar surface area (TPSA) is 42.5 Å². The number of hydrogen-bond donors (Lipinski definition) is 2. The number of ether oxygens (including phenoxy) is 2. The summed E-state index contributed by atoms with van der Waals surface area (Å²) in [5, 5.41) is 7.58. The largest absolute Gasteiger partial charge is 0.492 e. The molecule has 0 bridgehead atoms. The number of nitrogens with one attached hydrogen (secondary N) is 2. The number of hydrogen-bond acceptors (Lipinski definition) is 4. The number of halogens is 2. The van der Waals surface area contributed by atoms with Gasteiger partial charge in [0.15, 0.2) is 0 Å². The van der Waals surface area contributed by atoms with Gasteiger partial charge in [-0.05, 0) is 67.9 Å². The summed E-state index contributed by atoms with van der Waals surface area (Å²) in [7, 11) is 0. The van der Waals surface area contributed by atoms with Gasteiger partial charge in [-0.25, -0.2) is 0 Å². The van der Waals surface area contributed by atoms with Crippen molar-refractivity contribution in [1.82, 2.24) is 10.6 Å². The van der Waals surface area contributed by atoms with E-state index in [2.05, 4.69) is 33.1 Å². The lowest BCUT2D eigenvalue weighted by Crippen LogP contribution is -2.28. The first kappa shape index (κ1) is 22.9. The Labute approximate surface area is 192 Å². The fourth-order valence-electron chi connectivity index (χ4n) is 3.28. The lowest BCUT2D eigenvalue weighted by atomic mass is 10.1. The van der Waals surface area contributed by atoms with Crippen LogP contribution in [0.5, 0.6) is 11.5 Å². The zero-order chi connectivity index (χ0) is 21.2. The van der Waals surface area contributed by atoms with Gasteiger partial charge in [0, 0.05) is 21.6 Å². The summed E-state index contributed by atoms with van der Waals surface area (Å²) in [5.41, 5.74) is 1.99. The summed E-state index contributed by atoms with van der Waals surface area (Å²) < 4.78 is 12.7. The van der Waals surface area contributed by atoms with Crippen LogP contribution in [0.15, 0.2) is 53.5 Å². The molecule has 0 amide bonds. The molecule has 0 spiro atoms. The van der Waals surface area contributed by atoms with Gasteiger partial charge in [0.25, 0.3) is 0 Å².